The van der Waals surface area contributed by atoms with Gasteiger partial charge in [-0.2, -0.15) is 0 Å². The van der Waals surface area contributed by atoms with Gasteiger partial charge in [-0.25, -0.2) is 0 Å². The Balaban J connectivity index is 0.000000980. The fourth-order valence-electron chi connectivity index (χ4n) is 2.23. The number of rotatable bonds is 3. The largest absolute Gasteiger partial charge is 0.466 e. The molecule has 0 aromatic heterocycles. The van der Waals surface area contributed by atoms with E-state index in [0.717, 1.165) is 19.0 Å². The number of hydrogen-bond acceptors (Lipinski definition) is 3. The average Bonchev–Trinajstić information content (AvgIpc) is 2.84. The summed E-state index contributed by atoms with van der Waals surface area (Å²) in [5.74, 6) is 1.49. The predicted octanol–water partition coefficient (Wildman–Crippen LogP) is 1.22. The van der Waals surface area contributed by atoms with Crippen LogP contribution in [0.1, 0.15) is 19.8 Å². The number of carbonyl (C=O) groups excluding carboxylic acids is 1. The van der Waals surface area contributed by atoms with Crippen LogP contribution in [0.3, 0.4) is 0 Å². The fourth-order valence-corrected chi connectivity index (χ4v) is 2.23. The minimum Gasteiger partial charge on any atom is -0.466 e. The molecule has 1 N–H and O–H groups in total. The molecule has 0 unspecified atom stereocenters. The van der Waals surface area contributed by atoms with E-state index in [-0.39, 0.29) is 24.3 Å². The van der Waals surface area contributed by atoms with Crippen molar-refractivity contribution < 1.29 is 9.53 Å². The minimum absolute atomic E-state index is 0. The van der Waals surface area contributed by atoms with Gasteiger partial charge >= 0.3 is 5.97 Å². The summed E-state index contributed by atoms with van der Waals surface area (Å²) in [7, 11) is 0. The maximum Gasteiger partial charge on any atom is 0.310 e. The van der Waals surface area contributed by atoms with Crippen LogP contribution in [-0.4, -0.2) is 25.7 Å². The molecule has 14 heavy (non-hydrogen) atoms. The zero-order valence-corrected chi connectivity index (χ0v) is 9.31. The summed E-state index contributed by atoms with van der Waals surface area (Å²) in [6.45, 7) is 4.20. The van der Waals surface area contributed by atoms with Gasteiger partial charge in [0.2, 0.25) is 0 Å². The second-order valence-corrected chi connectivity index (χ2v) is 4.02. The van der Waals surface area contributed by atoms with Gasteiger partial charge in [0, 0.05) is 6.54 Å². The van der Waals surface area contributed by atoms with E-state index < -0.39 is 0 Å². The van der Waals surface area contributed by atoms with Crippen molar-refractivity contribution in [3.63, 3.8) is 0 Å². The molecule has 0 aromatic carbocycles. The van der Waals surface area contributed by atoms with Crippen molar-refractivity contribution >= 4 is 18.4 Å². The lowest BCUT2D eigenvalue weighted by Crippen LogP contribution is -2.26. The molecule has 1 aliphatic heterocycles. The highest BCUT2D eigenvalue weighted by Crippen LogP contribution is 2.42. The molecular weight excluding hydrogens is 202 g/mol. The molecular formula is C10H18ClNO2. The van der Waals surface area contributed by atoms with Gasteiger partial charge in [-0.05, 0) is 38.1 Å². The van der Waals surface area contributed by atoms with Crippen LogP contribution in [0, 0.1) is 17.8 Å². The zero-order chi connectivity index (χ0) is 9.26. The van der Waals surface area contributed by atoms with E-state index in [1.807, 2.05) is 6.92 Å². The maximum atomic E-state index is 11.5. The molecule has 1 saturated carbocycles. The Morgan fingerprint density at radius 2 is 2.14 bits per heavy atom. The number of ether oxygens (including phenoxy) is 1. The molecule has 3 nitrogen and oxygen atoms in total. The lowest BCUT2D eigenvalue weighted by atomic mass is 9.92. The van der Waals surface area contributed by atoms with Crippen molar-refractivity contribution in [2.45, 2.75) is 19.8 Å². The topological polar surface area (TPSA) is 38.3 Å². The standard InChI is InChI=1S/C10H17NO2.ClH/c1-2-13-10(12)9-6-11-5-8(9)7-3-4-7;/h7-9,11H,2-6H2,1H3;1H/t8-,9-;/m1./s1. The Morgan fingerprint density at radius 3 is 2.71 bits per heavy atom. The zero-order valence-electron chi connectivity index (χ0n) is 8.49. The molecule has 0 bridgehead atoms. The first kappa shape index (κ1) is 11.8. The highest BCUT2D eigenvalue weighted by Gasteiger charge is 2.43. The number of halogens is 1. The molecule has 2 rings (SSSR count). The number of carbonyl (C=O) groups is 1. The Kier molecular flexibility index (Phi) is 4.20. The van der Waals surface area contributed by atoms with Gasteiger partial charge in [0.15, 0.2) is 0 Å². The second-order valence-electron chi connectivity index (χ2n) is 4.02. The summed E-state index contributed by atoms with van der Waals surface area (Å²) >= 11 is 0. The van der Waals surface area contributed by atoms with Gasteiger partial charge in [0.05, 0.1) is 12.5 Å². The highest BCUT2D eigenvalue weighted by molar-refractivity contribution is 5.85. The van der Waals surface area contributed by atoms with Gasteiger partial charge in [0.1, 0.15) is 0 Å². The van der Waals surface area contributed by atoms with E-state index in [4.69, 9.17) is 4.74 Å². The Labute approximate surface area is 91.0 Å². The van der Waals surface area contributed by atoms with Gasteiger partial charge in [-0.15, -0.1) is 12.4 Å². The predicted molar refractivity (Wildman–Crippen MR) is 56.5 cm³/mol. The third kappa shape index (κ3) is 2.39. The van der Waals surface area contributed by atoms with Crippen molar-refractivity contribution in [1.82, 2.24) is 5.32 Å². The van der Waals surface area contributed by atoms with Gasteiger partial charge < -0.3 is 10.1 Å². The smallest absolute Gasteiger partial charge is 0.310 e. The first-order valence-corrected chi connectivity index (χ1v) is 5.20. The molecule has 0 aromatic rings. The number of nitrogens with one attached hydrogen (secondary N) is 1. The average molecular weight is 220 g/mol. The molecule has 1 aliphatic carbocycles. The van der Waals surface area contributed by atoms with Crippen LogP contribution in [0.15, 0.2) is 0 Å². The number of esters is 1. The monoisotopic (exact) mass is 219 g/mol. The second kappa shape index (κ2) is 4.99. The van der Waals surface area contributed by atoms with Crippen LogP contribution in [0.2, 0.25) is 0 Å². The Bertz CT molecular complexity index is 206. The SMILES string of the molecule is CCOC(=O)[C@@H]1CNC[C@@H]1C1CC1.Cl. The molecule has 2 fully saturated rings. The molecule has 2 aliphatic rings. The van der Waals surface area contributed by atoms with E-state index in [0.29, 0.717) is 12.5 Å². The lowest BCUT2D eigenvalue weighted by Gasteiger charge is -2.15. The van der Waals surface area contributed by atoms with Crippen LogP contribution < -0.4 is 5.32 Å². The van der Waals surface area contributed by atoms with Crippen LogP contribution in [0.4, 0.5) is 0 Å². The van der Waals surface area contributed by atoms with Gasteiger partial charge in [-0.1, -0.05) is 0 Å². The third-order valence-corrected chi connectivity index (χ3v) is 3.08. The fraction of sp³-hybridized carbons (Fsp3) is 0.900. The Hall–Kier alpha value is -0.280. The van der Waals surface area contributed by atoms with Crippen LogP contribution in [0.5, 0.6) is 0 Å². The lowest BCUT2D eigenvalue weighted by molar-refractivity contribution is -0.148. The summed E-state index contributed by atoms with van der Waals surface area (Å²) < 4.78 is 5.06. The van der Waals surface area contributed by atoms with E-state index in [1.54, 1.807) is 0 Å². The molecule has 0 amide bonds. The first-order valence-electron chi connectivity index (χ1n) is 5.20. The quantitative estimate of drug-likeness (QED) is 0.726. The maximum absolute atomic E-state index is 11.5. The first-order chi connectivity index (χ1) is 6.33. The molecule has 0 spiro atoms. The molecule has 82 valence electrons. The third-order valence-electron chi connectivity index (χ3n) is 3.08. The molecule has 4 heteroatoms. The number of hydrogen-bond donors (Lipinski definition) is 1. The summed E-state index contributed by atoms with van der Waals surface area (Å²) in [5.41, 5.74) is 0. The van der Waals surface area contributed by atoms with Crippen molar-refractivity contribution in [3.05, 3.63) is 0 Å². The van der Waals surface area contributed by atoms with E-state index in [1.165, 1.54) is 12.8 Å². The summed E-state index contributed by atoms with van der Waals surface area (Å²) in [5, 5.41) is 3.28. The molecule has 1 heterocycles. The van der Waals surface area contributed by atoms with E-state index in [9.17, 15) is 4.79 Å². The van der Waals surface area contributed by atoms with Gasteiger partial charge in [-0.3, -0.25) is 4.79 Å². The summed E-state index contributed by atoms with van der Waals surface area (Å²) in [6, 6.07) is 0. The van der Waals surface area contributed by atoms with Crippen molar-refractivity contribution in [2.75, 3.05) is 19.7 Å². The van der Waals surface area contributed by atoms with Crippen LogP contribution >= 0.6 is 12.4 Å². The highest BCUT2D eigenvalue weighted by atomic mass is 35.5. The minimum atomic E-state index is 0. The van der Waals surface area contributed by atoms with Crippen molar-refractivity contribution in [2.24, 2.45) is 17.8 Å². The molecule has 1 saturated heterocycles. The molecule has 2 atom stereocenters. The van der Waals surface area contributed by atoms with Crippen LogP contribution in [0.25, 0.3) is 0 Å². The van der Waals surface area contributed by atoms with Crippen LogP contribution in [-0.2, 0) is 9.53 Å². The van der Waals surface area contributed by atoms with E-state index >= 15 is 0 Å². The normalized spacial score (nSPS) is 30.9. The van der Waals surface area contributed by atoms with Crippen molar-refractivity contribution in [3.8, 4) is 0 Å². The summed E-state index contributed by atoms with van der Waals surface area (Å²) in [6.07, 6.45) is 2.62. The Morgan fingerprint density at radius 1 is 1.43 bits per heavy atom. The van der Waals surface area contributed by atoms with Gasteiger partial charge in [0.25, 0.3) is 0 Å². The van der Waals surface area contributed by atoms with Crippen molar-refractivity contribution in [1.29, 1.82) is 0 Å². The molecule has 0 radical (unpaired) electrons. The van der Waals surface area contributed by atoms with E-state index in [2.05, 4.69) is 5.32 Å². The summed E-state index contributed by atoms with van der Waals surface area (Å²) in [4.78, 5) is 11.5.